The van der Waals surface area contributed by atoms with Crippen LogP contribution in [0.1, 0.15) is 40.2 Å². The lowest BCUT2D eigenvalue weighted by Crippen LogP contribution is -2.34. The zero-order valence-electron chi connectivity index (χ0n) is 16.6. The Morgan fingerprint density at radius 1 is 0.964 bits per heavy atom. The summed E-state index contributed by atoms with van der Waals surface area (Å²) in [5.74, 6) is 3.48. The Kier molecular flexibility index (Phi) is 4.39. The molecule has 2 aromatic rings. The lowest BCUT2D eigenvalue weighted by Gasteiger charge is -2.33. The normalized spacial score (nSPS) is 26.6. The summed E-state index contributed by atoms with van der Waals surface area (Å²) in [5, 5.41) is 0. The summed E-state index contributed by atoms with van der Waals surface area (Å²) in [6, 6.07) is 14.6. The minimum Gasteiger partial charge on any atom is -0.493 e. The third kappa shape index (κ3) is 2.82. The molecule has 0 N–H and O–H groups in total. The van der Waals surface area contributed by atoms with Gasteiger partial charge in [-0.05, 0) is 66.9 Å². The minimum atomic E-state index is 0.192. The van der Waals surface area contributed by atoms with Gasteiger partial charge in [0, 0.05) is 18.0 Å². The van der Waals surface area contributed by atoms with Crippen LogP contribution >= 0.6 is 0 Å². The Bertz CT molecular complexity index is 886. The first-order valence-electron chi connectivity index (χ1n) is 10.3. The predicted octanol–water partition coefficient (Wildman–Crippen LogP) is 4.14. The van der Waals surface area contributed by atoms with Crippen molar-refractivity contribution >= 4 is 5.78 Å². The van der Waals surface area contributed by atoms with Gasteiger partial charge >= 0.3 is 0 Å². The number of rotatable bonds is 5. The molecule has 1 saturated carbocycles. The van der Waals surface area contributed by atoms with Crippen molar-refractivity contribution < 1.29 is 14.3 Å². The molecule has 2 aromatic carbocycles. The fourth-order valence-corrected chi connectivity index (χ4v) is 5.56. The Labute approximate surface area is 166 Å². The van der Waals surface area contributed by atoms with Gasteiger partial charge in [-0.1, -0.05) is 30.3 Å². The van der Waals surface area contributed by atoms with Gasteiger partial charge in [0.1, 0.15) is 0 Å². The Hall–Kier alpha value is -2.33. The van der Waals surface area contributed by atoms with Gasteiger partial charge in [-0.3, -0.25) is 9.69 Å². The van der Waals surface area contributed by atoms with E-state index in [0.717, 1.165) is 30.9 Å². The van der Waals surface area contributed by atoms with Gasteiger partial charge < -0.3 is 9.47 Å². The maximum Gasteiger partial charge on any atom is 0.167 e. The van der Waals surface area contributed by atoms with Gasteiger partial charge in [0.15, 0.2) is 17.3 Å². The van der Waals surface area contributed by atoms with E-state index >= 15 is 0 Å². The van der Waals surface area contributed by atoms with Crippen LogP contribution in [0.2, 0.25) is 0 Å². The molecule has 3 atom stereocenters. The quantitative estimate of drug-likeness (QED) is 0.785. The Morgan fingerprint density at radius 2 is 1.64 bits per heavy atom. The Morgan fingerprint density at radius 3 is 2.32 bits per heavy atom. The van der Waals surface area contributed by atoms with Crippen LogP contribution in [0.15, 0.2) is 42.5 Å². The van der Waals surface area contributed by atoms with Gasteiger partial charge in [0.05, 0.1) is 14.2 Å². The van der Waals surface area contributed by atoms with Crippen LogP contribution in [0.5, 0.6) is 11.5 Å². The first-order valence-corrected chi connectivity index (χ1v) is 10.3. The van der Waals surface area contributed by atoms with Crippen LogP contribution in [0.3, 0.4) is 0 Å². The summed E-state index contributed by atoms with van der Waals surface area (Å²) < 4.78 is 10.9. The van der Waals surface area contributed by atoms with Crippen LogP contribution in [-0.4, -0.2) is 38.0 Å². The highest BCUT2D eigenvalue weighted by atomic mass is 16.5. The molecule has 4 nitrogen and oxygen atoms in total. The van der Waals surface area contributed by atoms with Gasteiger partial charge in [-0.2, -0.15) is 0 Å². The van der Waals surface area contributed by atoms with Crippen LogP contribution in [0.25, 0.3) is 0 Å². The number of methoxy groups -OCH3 is 2. The zero-order valence-corrected chi connectivity index (χ0v) is 16.6. The Balaban J connectivity index is 1.26. The second-order valence-corrected chi connectivity index (χ2v) is 8.39. The van der Waals surface area contributed by atoms with Gasteiger partial charge in [-0.15, -0.1) is 0 Å². The SMILES string of the molecule is COc1cc2c(cc1OC)C1C(C2=O)C1C1CCN(Cc2ccccc2)CC1. The lowest BCUT2D eigenvalue weighted by molar-refractivity contribution is 0.0948. The number of hydrogen-bond acceptors (Lipinski definition) is 4. The monoisotopic (exact) mass is 377 g/mol. The summed E-state index contributed by atoms with van der Waals surface area (Å²) in [7, 11) is 3.28. The number of ketones is 1. The fraction of sp³-hybridized carbons (Fsp3) is 0.458. The third-order valence-electron chi connectivity index (χ3n) is 6.98. The van der Waals surface area contributed by atoms with Crippen LogP contribution in [0, 0.1) is 17.8 Å². The van der Waals surface area contributed by atoms with E-state index in [1.165, 1.54) is 24.0 Å². The number of fused-ring (bicyclic) bond motifs is 3. The molecule has 3 unspecified atom stereocenters. The average molecular weight is 377 g/mol. The second kappa shape index (κ2) is 6.93. The number of carbonyl (C=O) groups is 1. The molecule has 3 aliphatic rings. The zero-order chi connectivity index (χ0) is 19.3. The van der Waals surface area contributed by atoms with Crippen molar-refractivity contribution in [1.82, 2.24) is 4.90 Å². The molecule has 0 amide bonds. The number of benzene rings is 2. The first-order chi connectivity index (χ1) is 13.7. The molecule has 0 bridgehead atoms. The molecule has 0 radical (unpaired) electrons. The highest BCUT2D eigenvalue weighted by Gasteiger charge is 2.63. The molecule has 28 heavy (non-hydrogen) atoms. The third-order valence-corrected chi connectivity index (χ3v) is 6.98. The molecule has 1 heterocycles. The van der Waals surface area contributed by atoms with Crippen molar-refractivity contribution in [2.75, 3.05) is 27.3 Å². The van der Waals surface area contributed by atoms with Crippen molar-refractivity contribution in [3.63, 3.8) is 0 Å². The standard InChI is InChI=1S/C24H27NO3/c1-27-19-12-17-18(13-20(19)28-2)24(26)23-21(22(17)23)16-8-10-25(11-9-16)14-15-6-4-3-5-7-15/h3-7,12-13,16,21-23H,8-11,14H2,1-2H3. The second-order valence-electron chi connectivity index (χ2n) is 8.39. The summed E-state index contributed by atoms with van der Waals surface area (Å²) >= 11 is 0. The van der Waals surface area contributed by atoms with Gasteiger partial charge in [0.25, 0.3) is 0 Å². The van der Waals surface area contributed by atoms with E-state index in [-0.39, 0.29) is 5.92 Å². The number of carbonyl (C=O) groups excluding carboxylic acids is 1. The molecule has 146 valence electrons. The van der Waals surface area contributed by atoms with E-state index in [1.807, 2.05) is 12.1 Å². The largest absolute Gasteiger partial charge is 0.493 e. The first kappa shape index (κ1) is 17.7. The van der Waals surface area contributed by atoms with Crippen molar-refractivity contribution in [3.05, 3.63) is 59.2 Å². The minimum absolute atomic E-state index is 0.192. The van der Waals surface area contributed by atoms with E-state index < -0.39 is 0 Å². The molecular weight excluding hydrogens is 350 g/mol. The molecule has 0 spiro atoms. The molecule has 5 rings (SSSR count). The maximum absolute atomic E-state index is 13.0. The number of hydrogen-bond donors (Lipinski definition) is 0. The predicted molar refractivity (Wildman–Crippen MR) is 108 cm³/mol. The summed E-state index contributed by atoms with van der Waals surface area (Å²) in [6.45, 7) is 3.29. The van der Waals surface area contributed by atoms with E-state index in [1.54, 1.807) is 14.2 Å². The number of Topliss-reactive ketones (excluding diaryl/α,β-unsaturated/α-hetero) is 1. The molecule has 1 aliphatic heterocycles. The summed E-state index contributed by atoms with van der Waals surface area (Å²) in [6.07, 6.45) is 2.39. The molecule has 2 fully saturated rings. The molecule has 1 saturated heterocycles. The van der Waals surface area contributed by atoms with Crippen molar-refractivity contribution in [1.29, 1.82) is 0 Å². The van der Waals surface area contributed by atoms with Gasteiger partial charge in [-0.25, -0.2) is 0 Å². The number of nitrogens with zero attached hydrogens (tertiary/aromatic N) is 1. The molecule has 2 aliphatic carbocycles. The number of likely N-dealkylation sites (tertiary alicyclic amines) is 1. The molecule has 4 heteroatoms. The maximum atomic E-state index is 13.0. The topological polar surface area (TPSA) is 38.8 Å². The summed E-state index contributed by atoms with van der Waals surface area (Å²) in [5.41, 5.74) is 3.42. The fourth-order valence-electron chi connectivity index (χ4n) is 5.56. The van der Waals surface area contributed by atoms with Crippen LogP contribution in [0.4, 0.5) is 0 Å². The lowest BCUT2D eigenvalue weighted by atomic mass is 9.86. The molecular formula is C24H27NO3. The summed E-state index contributed by atoms with van der Waals surface area (Å²) in [4.78, 5) is 15.5. The smallest absolute Gasteiger partial charge is 0.167 e. The van der Waals surface area contributed by atoms with Gasteiger partial charge in [0.2, 0.25) is 0 Å². The number of piperidine rings is 1. The number of ether oxygens (including phenoxy) is 2. The average Bonchev–Trinajstić information content (AvgIpc) is 3.42. The van der Waals surface area contributed by atoms with Crippen LogP contribution < -0.4 is 9.47 Å². The van der Waals surface area contributed by atoms with E-state index in [0.29, 0.717) is 29.3 Å². The van der Waals surface area contributed by atoms with E-state index in [9.17, 15) is 4.79 Å². The van der Waals surface area contributed by atoms with E-state index in [4.69, 9.17) is 9.47 Å². The highest BCUT2D eigenvalue weighted by molar-refractivity contribution is 6.07. The van der Waals surface area contributed by atoms with E-state index in [2.05, 4.69) is 35.2 Å². The van der Waals surface area contributed by atoms with Crippen molar-refractivity contribution in [2.24, 2.45) is 17.8 Å². The van der Waals surface area contributed by atoms with Crippen LogP contribution in [-0.2, 0) is 6.54 Å². The molecule has 0 aromatic heterocycles. The highest BCUT2D eigenvalue weighted by Crippen LogP contribution is 2.66. The van der Waals surface area contributed by atoms with Crippen molar-refractivity contribution in [3.8, 4) is 11.5 Å². The van der Waals surface area contributed by atoms with Crippen molar-refractivity contribution in [2.45, 2.75) is 25.3 Å².